The summed E-state index contributed by atoms with van der Waals surface area (Å²) >= 11 is 7.70. The largest absolute Gasteiger partial charge is 0.465 e. The van der Waals surface area contributed by atoms with Crippen LogP contribution in [0.1, 0.15) is 21.5 Å². The Morgan fingerprint density at radius 3 is 2.41 bits per heavy atom. The second-order valence-electron chi connectivity index (χ2n) is 6.57. The fourth-order valence-corrected chi connectivity index (χ4v) is 4.19. The van der Waals surface area contributed by atoms with E-state index in [4.69, 9.17) is 21.3 Å². The molecule has 3 aromatic carbocycles. The molecule has 0 spiro atoms. The summed E-state index contributed by atoms with van der Waals surface area (Å²) in [5.41, 5.74) is 4.92. The first-order chi connectivity index (χ1) is 14.1. The molecule has 0 fully saturated rings. The van der Waals surface area contributed by atoms with Gasteiger partial charge in [-0.05, 0) is 47.5 Å². The first kappa shape index (κ1) is 19.6. The van der Waals surface area contributed by atoms with Crippen LogP contribution in [0, 0.1) is 0 Å². The Kier molecular flexibility index (Phi) is 5.88. The molecule has 0 saturated carbocycles. The molecule has 146 valence electrons. The van der Waals surface area contributed by atoms with Crippen molar-refractivity contribution in [2.45, 2.75) is 17.5 Å². The second kappa shape index (κ2) is 8.72. The summed E-state index contributed by atoms with van der Waals surface area (Å²) in [5.74, 6) is 0.430. The zero-order valence-electron chi connectivity index (χ0n) is 15.8. The van der Waals surface area contributed by atoms with Crippen molar-refractivity contribution in [2.24, 2.45) is 0 Å². The molecule has 29 heavy (non-hydrogen) atoms. The van der Waals surface area contributed by atoms with Gasteiger partial charge in [0.15, 0.2) is 5.16 Å². The van der Waals surface area contributed by atoms with E-state index in [1.807, 2.05) is 54.6 Å². The molecule has 1 heterocycles. The van der Waals surface area contributed by atoms with Gasteiger partial charge in [0.2, 0.25) is 0 Å². The summed E-state index contributed by atoms with van der Waals surface area (Å²) in [6.07, 6.45) is 0. The molecule has 1 aromatic heterocycles. The smallest absolute Gasteiger partial charge is 0.337 e. The summed E-state index contributed by atoms with van der Waals surface area (Å²) in [5, 5.41) is 1.69. The minimum Gasteiger partial charge on any atom is -0.465 e. The zero-order valence-corrected chi connectivity index (χ0v) is 17.4. The molecule has 4 nitrogen and oxygen atoms in total. The fraction of sp³-hybridized carbons (Fsp3) is 0.130. The molecular formula is C23H19ClN2O2S. The standard InChI is InChI=1S/C23H19ClN2O2S/c1-28-22(27)18-10-6-17(7-11-18)15-29-23-25-20-4-2-3-5-21(20)26(23)14-16-8-12-19(24)13-9-16/h2-13H,14-15H2,1H3. The number of thioether (sulfide) groups is 1. The van der Waals surface area contributed by atoms with E-state index in [1.54, 1.807) is 23.9 Å². The summed E-state index contributed by atoms with van der Waals surface area (Å²) < 4.78 is 6.98. The van der Waals surface area contributed by atoms with Gasteiger partial charge in [0, 0.05) is 10.8 Å². The lowest BCUT2D eigenvalue weighted by atomic mass is 10.1. The molecule has 0 amide bonds. The van der Waals surface area contributed by atoms with Crippen LogP contribution >= 0.6 is 23.4 Å². The molecule has 0 bridgehead atoms. The van der Waals surface area contributed by atoms with Gasteiger partial charge in [0.1, 0.15) is 0 Å². The summed E-state index contributed by atoms with van der Waals surface area (Å²) in [6.45, 7) is 0.724. The van der Waals surface area contributed by atoms with Gasteiger partial charge in [-0.2, -0.15) is 0 Å². The predicted octanol–water partition coefficient (Wildman–Crippen LogP) is 5.82. The number of benzene rings is 3. The van der Waals surface area contributed by atoms with E-state index in [1.165, 1.54) is 12.7 Å². The summed E-state index contributed by atoms with van der Waals surface area (Å²) in [6, 6.07) is 23.5. The van der Waals surface area contributed by atoms with E-state index >= 15 is 0 Å². The van der Waals surface area contributed by atoms with Crippen molar-refractivity contribution in [3.63, 3.8) is 0 Å². The van der Waals surface area contributed by atoms with E-state index in [2.05, 4.69) is 10.6 Å². The number of fused-ring (bicyclic) bond motifs is 1. The molecule has 4 rings (SSSR count). The number of hydrogen-bond acceptors (Lipinski definition) is 4. The Balaban J connectivity index is 1.58. The number of ether oxygens (including phenoxy) is 1. The van der Waals surface area contributed by atoms with E-state index in [0.717, 1.165) is 39.1 Å². The van der Waals surface area contributed by atoms with Crippen molar-refractivity contribution in [1.29, 1.82) is 0 Å². The lowest BCUT2D eigenvalue weighted by Gasteiger charge is -2.10. The number of para-hydroxylation sites is 2. The van der Waals surface area contributed by atoms with Crippen molar-refractivity contribution in [1.82, 2.24) is 9.55 Å². The van der Waals surface area contributed by atoms with Crippen molar-refractivity contribution in [2.75, 3.05) is 7.11 Å². The van der Waals surface area contributed by atoms with Crippen LogP contribution < -0.4 is 0 Å². The number of imidazole rings is 1. The number of hydrogen-bond donors (Lipinski definition) is 0. The van der Waals surface area contributed by atoms with Crippen molar-refractivity contribution >= 4 is 40.4 Å². The Hall–Kier alpha value is -2.76. The molecule has 0 aliphatic carbocycles. The molecule has 0 saturated heterocycles. The number of methoxy groups -OCH3 is 1. The number of rotatable bonds is 6. The average Bonchev–Trinajstić information content (AvgIpc) is 3.11. The topological polar surface area (TPSA) is 44.1 Å². The van der Waals surface area contributed by atoms with E-state index in [-0.39, 0.29) is 5.97 Å². The number of aromatic nitrogens is 2. The van der Waals surface area contributed by atoms with Crippen molar-refractivity contribution < 1.29 is 9.53 Å². The fourth-order valence-electron chi connectivity index (χ4n) is 3.09. The molecule has 6 heteroatoms. The Bertz CT molecular complexity index is 1140. The monoisotopic (exact) mass is 422 g/mol. The Labute approximate surface area is 178 Å². The van der Waals surface area contributed by atoms with Crippen LogP contribution in [-0.2, 0) is 17.0 Å². The molecule has 0 atom stereocenters. The van der Waals surface area contributed by atoms with Gasteiger partial charge in [0.25, 0.3) is 0 Å². The maximum absolute atomic E-state index is 11.6. The third-order valence-corrected chi connectivity index (χ3v) is 5.92. The Morgan fingerprint density at radius 1 is 1.00 bits per heavy atom. The number of carbonyl (C=O) groups excluding carboxylic acids is 1. The van der Waals surface area contributed by atoms with Crippen LogP contribution in [0.2, 0.25) is 5.02 Å². The van der Waals surface area contributed by atoms with Crippen LogP contribution in [-0.4, -0.2) is 22.6 Å². The van der Waals surface area contributed by atoms with Crippen LogP contribution in [0.4, 0.5) is 0 Å². The molecule has 0 radical (unpaired) electrons. The summed E-state index contributed by atoms with van der Waals surface area (Å²) in [4.78, 5) is 16.4. The third-order valence-electron chi connectivity index (χ3n) is 4.62. The van der Waals surface area contributed by atoms with E-state index in [9.17, 15) is 4.79 Å². The SMILES string of the molecule is COC(=O)c1ccc(CSc2nc3ccccc3n2Cc2ccc(Cl)cc2)cc1. The first-order valence-corrected chi connectivity index (χ1v) is 10.5. The Morgan fingerprint density at radius 2 is 1.69 bits per heavy atom. The number of halogens is 1. The lowest BCUT2D eigenvalue weighted by molar-refractivity contribution is 0.0600. The second-order valence-corrected chi connectivity index (χ2v) is 7.95. The highest BCUT2D eigenvalue weighted by Crippen LogP contribution is 2.28. The van der Waals surface area contributed by atoms with Crippen LogP contribution in [0.3, 0.4) is 0 Å². The minimum atomic E-state index is -0.325. The van der Waals surface area contributed by atoms with Gasteiger partial charge in [-0.3, -0.25) is 0 Å². The zero-order chi connectivity index (χ0) is 20.2. The highest BCUT2D eigenvalue weighted by molar-refractivity contribution is 7.98. The third kappa shape index (κ3) is 4.47. The average molecular weight is 423 g/mol. The minimum absolute atomic E-state index is 0.325. The van der Waals surface area contributed by atoms with E-state index in [0.29, 0.717) is 5.56 Å². The lowest BCUT2D eigenvalue weighted by Crippen LogP contribution is -2.02. The maximum Gasteiger partial charge on any atom is 0.337 e. The maximum atomic E-state index is 11.6. The molecular weight excluding hydrogens is 404 g/mol. The van der Waals surface area contributed by atoms with Gasteiger partial charge in [-0.15, -0.1) is 0 Å². The van der Waals surface area contributed by atoms with E-state index < -0.39 is 0 Å². The van der Waals surface area contributed by atoms with Crippen LogP contribution in [0.5, 0.6) is 0 Å². The first-order valence-electron chi connectivity index (χ1n) is 9.14. The number of carbonyl (C=O) groups is 1. The summed E-state index contributed by atoms with van der Waals surface area (Å²) in [7, 11) is 1.39. The number of nitrogens with zero attached hydrogens (tertiary/aromatic N) is 2. The molecule has 0 N–H and O–H groups in total. The van der Waals surface area contributed by atoms with Gasteiger partial charge < -0.3 is 9.30 Å². The van der Waals surface area contributed by atoms with Crippen molar-refractivity contribution in [3.05, 3.63) is 94.5 Å². The highest BCUT2D eigenvalue weighted by Gasteiger charge is 2.12. The van der Waals surface area contributed by atoms with Gasteiger partial charge in [0.05, 0.1) is 30.3 Å². The normalized spacial score (nSPS) is 11.0. The quantitative estimate of drug-likeness (QED) is 0.290. The number of esters is 1. The molecule has 0 aliphatic rings. The van der Waals surface area contributed by atoms with Gasteiger partial charge in [-0.25, -0.2) is 9.78 Å². The van der Waals surface area contributed by atoms with Gasteiger partial charge >= 0.3 is 5.97 Å². The van der Waals surface area contributed by atoms with Crippen LogP contribution in [0.25, 0.3) is 11.0 Å². The highest BCUT2D eigenvalue weighted by atomic mass is 35.5. The molecule has 0 unspecified atom stereocenters. The van der Waals surface area contributed by atoms with Gasteiger partial charge in [-0.1, -0.05) is 59.8 Å². The molecule has 0 aliphatic heterocycles. The predicted molar refractivity (Wildman–Crippen MR) is 118 cm³/mol. The van der Waals surface area contributed by atoms with Crippen molar-refractivity contribution in [3.8, 4) is 0 Å². The molecule has 4 aromatic rings. The van der Waals surface area contributed by atoms with Crippen LogP contribution in [0.15, 0.2) is 78.0 Å².